The van der Waals surface area contributed by atoms with E-state index in [1.165, 1.54) is 12.0 Å². The van der Waals surface area contributed by atoms with E-state index in [1.807, 2.05) is 0 Å². The van der Waals surface area contributed by atoms with Gasteiger partial charge in [0.1, 0.15) is 6.04 Å². The topological polar surface area (TPSA) is 87.1 Å². The highest BCUT2D eigenvalue weighted by atomic mass is 16.5. The molecule has 18 heavy (non-hydrogen) atoms. The number of carbonyl (C=O) groups excluding carboxylic acids is 1. The Balaban J connectivity index is 2.12. The van der Waals surface area contributed by atoms with E-state index in [2.05, 4.69) is 0 Å². The lowest BCUT2D eigenvalue weighted by Gasteiger charge is -2.33. The number of piperidine rings is 1. The zero-order valence-corrected chi connectivity index (χ0v) is 10.8. The first-order valence-corrected chi connectivity index (χ1v) is 6.06. The molecule has 1 amide bonds. The highest BCUT2D eigenvalue weighted by molar-refractivity contribution is 5.88. The number of aliphatic hydroxyl groups is 1. The van der Waals surface area contributed by atoms with Crippen LogP contribution in [0.5, 0.6) is 0 Å². The minimum Gasteiger partial charge on any atom is -0.480 e. The summed E-state index contributed by atoms with van der Waals surface area (Å²) in [6, 6.07) is -0.787. The third-order valence-corrected chi connectivity index (χ3v) is 4.10. The van der Waals surface area contributed by atoms with Crippen molar-refractivity contribution in [2.24, 2.45) is 11.8 Å². The second-order valence-electron chi connectivity index (χ2n) is 5.64. The van der Waals surface area contributed by atoms with Gasteiger partial charge in [0, 0.05) is 13.7 Å². The van der Waals surface area contributed by atoms with Gasteiger partial charge in [0.2, 0.25) is 0 Å². The number of ether oxygens (including phenoxy) is 1. The van der Waals surface area contributed by atoms with E-state index >= 15 is 0 Å². The Labute approximate surface area is 106 Å². The fraction of sp³-hybridized carbons (Fsp3) is 0.833. The number of hydrogen-bond donors (Lipinski definition) is 2. The summed E-state index contributed by atoms with van der Waals surface area (Å²) in [7, 11) is 1.41. The third-order valence-electron chi connectivity index (χ3n) is 4.10. The maximum Gasteiger partial charge on any atom is 0.326 e. The van der Waals surface area contributed by atoms with Crippen molar-refractivity contribution in [1.29, 1.82) is 0 Å². The van der Waals surface area contributed by atoms with E-state index in [-0.39, 0.29) is 11.8 Å². The largest absolute Gasteiger partial charge is 0.480 e. The lowest BCUT2D eigenvalue weighted by atomic mass is 9.99. The fourth-order valence-corrected chi connectivity index (χ4v) is 2.57. The van der Waals surface area contributed by atoms with E-state index in [1.54, 1.807) is 13.8 Å². The van der Waals surface area contributed by atoms with E-state index in [0.717, 1.165) is 6.42 Å². The van der Waals surface area contributed by atoms with Crippen molar-refractivity contribution < 1.29 is 24.5 Å². The summed E-state index contributed by atoms with van der Waals surface area (Å²) in [4.78, 5) is 24.6. The molecule has 1 aliphatic carbocycles. The second kappa shape index (κ2) is 4.20. The predicted molar refractivity (Wildman–Crippen MR) is 61.8 cm³/mol. The van der Waals surface area contributed by atoms with Crippen molar-refractivity contribution in [2.75, 3.05) is 13.7 Å². The average molecular weight is 257 g/mol. The Morgan fingerprint density at radius 3 is 2.56 bits per heavy atom. The minimum atomic E-state index is -1.35. The van der Waals surface area contributed by atoms with Gasteiger partial charge in [-0.25, -0.2) is 4.79 Å². The number of amides is 1. The number of carbonyl (C=O) groups is 2. The molecule has 0 spiro atoms. The zero-order chi connectivity index (χ0) is 13.7. The molecule has 1 saturated carbocycles. The first-order valence-electron chi connectivity index (χ1n) is 6.06. The molecule has 4 atom stereocenters. The smallest absolute Gasteiger partial charge is 0.326 e. The Hall–Kier alpha value is -1.14. The van der Waals surface area contributed by atoms with Crippen molar-refractivity contribution in [3.8, 4) is 0 Å². The van der Waals surface area contributed by atoms with Gasteiger partial charge in [-0.1, -0.05) is 0 Å². The summed E-state index contributed by atoms with van der Waals surface area (Å²) in [6.07, 6.45) is -0.480. The standard InChI is InChI=1S/C12H19NO5/c1-12(2,18-3)9(14)10(15)13-5-6-4-7(6)8(13)11(16)17/h6-9,14H,4-5H2,1-3H3,(H,16,17)/t6-,7-,8+,9?/m1/s1. The third kappa shape index (κ3) is 1.99. The van der Waals surface area contributed by atoms with E-state index < -0.39 is 29.6 Å². The molecule has 1 saturated heterocycles. The molecule has 2 fully saturated rings. The lowest BCUT2D eigenvalue weighted by Crippen LogP contribution is -2.54. The van der Waals surface area contributed by atoms with Gasteiger partial charge in [-0.3, -0.25) is 4.79 Å². The summed E-state index contributed by atoms with van der Waals surface area (Å²) in [5.74, 6) is -1.20. The number of rotatable bonds is 4. The summed E-state index contributed by atoms with van der Waals surface area (Å²) < 4.78 is 5.07. The maximum atomic E-state index is 12.2. The number of hydrogen-bond acceptors (Lipinski definition) is 4. The van der Waals surface area contributed by atoms with Crippen LogP contribution in [0, 0.1) is 11.8 Å². The fourth-order valence-electron chi connectivity index (χ4n) is 2.57. The molecule has 1 heterocycles. The molecular formula is C12H19NO5. The molecule has 0 aromatic rings. The lowest BCUT2D eigenvalue weighted by molar-refractivity contribution is -0.163. The first kappa shape index (κ1) is 13.3. The SMILES string of the molecule is COC(C)(C)C(O)C(=O)N1C[C@H]2C[C@H]2[C@H]1C(=O)O. The van der Waals surface area contributed by atoms with Crippen molar-refractivity contribution in [3.63, 3.8) is 0 Å². The summed E-state index contributed by atoms with van der Waals surface area (Å²) >= 11 is 0. The average Bonchev–Trinajstić information content (AvgIpc) is 2.97. The molecule has 1 unspecified atom stereocenters. The minimum absolute atomic E-state index is 0.0595. The Morgan fingerprint density at radius 1 is 1.44 bits per heavy atom. The van der Waals surface area contributed by atoms with E-state index in [0.29, 0.717) is 6.54 Å². The molecule has 0 bridgehead atoms. The quantitative estimate of drug-likeness (QED) is 0.722. The highest BCUT2D eigenvalue weighted by Crippen LogP contribution is 2.49. The van der Waals surface area contributed by atoms with Gasteiger partial charge in [0.25, 0.3) is 5.91 Å². The maximum absolute atomic E-state index is 12.2. The predicted octanol–water partition coefficient (Wildman–Crippen LogP) is -0.296. The van der Waals surface area contributed by atoms with Gasteiger partial charge in [-0.15, -0.1) is 0 Å². The van der Waals surface area contributed by atoms with Gasteiger partial charge >= 0.3 is 5.97 Å². The number of aliphatic hydroxyl groups excluding tert-OH is 1. The number of carboxylic acids is 1. The Bertz CT molecular complexity index is 381. The van der Waals surface area contributed by atoms with E-state index in [4.69, 9.17) is 9.84 Å². The molecule has 6 heteroatoms. The van der Waals surface area contributed by atoms with Crippen LogP contribution in [-0.2, 0) is 14.3 Å². The Morgan fingerprint density at radius 2 is 2.06 bits per heavy atom. The summed E-state index contributed by atoms with van der Waals surface area (Å²) in [5, 5.41) is 19.2. The summed E-state index contributed by atoms with van der Waals surface area (Å²) in [5.41, 5.74) is -1.02. The van der Waals surface area contributed by atoms with Crippen LogP contribution in [0.3, 0.4) is 0 Å². The van der Waals surface area contributed by atoms with Crippen molar-refractivity contribution in [3.05, 3.63) is 0 Å². The van der Waals surface area contributed by atoms with Gasteiger partial charge in [0.05, 0.1) is 5.60 Å². The number of aliphatic carboxylic acids is 1. The van der Waals surface area contributed by atoms with Crippen LogP contribution in [0.1, 0.15) is 20.3 Å². The molecule has 1 aliphatic heterocycles. The zero-order valence-electron chi connectivity index (χ0n) is 10.8. The van der Waals surface area contributed by atoms with Gasteiger partial charge < -0.3 is 19.8 Å². The molecule has 0 radical (unpaired) electrons. The number of likely N-dealkylation sites (tertiary alicyclic amines) is 1. The van der Waals surface area contributed by atoms with Crippen LogP contribution in [0.4, 0.5) is 0 Å². The molecule has 0 aromatic carbocycles. The van der Waals surface area contributed by atoms with Gasteiger partial charge in [-0.2, -0.15) is 0 Å². The highest BCUT2D eigenvalue weighted by Gasteiger charge is 2.58. The van der Waals surface area contributed by atoms with Crippen LogP contribution < -0.4 is 0 Å². The monoisotopic (exact) mass is 257 g/mol. The molecule has 6 nitrogen and oxygen atoms in total. The second-order valence-corrected chi connectivity index (χ2v) is 5.64. The first-order chi connectivity index (χ1) is 8.29. The van der Waals surface area contributed by atoms with Crippen LogP contribution in [0.15, 0.2) is 0 Å². The van der Waals surface area contributed by atoms with Crippen molar-refractivity contribution >= 4 is 11.9 Å². The molecule has 102 valence electrons. The van der Waals surface area contributed by atoms with Gasteiger partial charge in [-0.05, 0) is 32.1 Å². The Kier molecular flexibility index (Phi) is 3.11. The number of carboxylic acid groups (broad SMARTS) is 1. The normalized spacial score (nSPS) is 32.0. The van der Waals surface area contributed by atoms with Crippen LogP contribution in [0.25, 0.3) is 0 Å². The van der Waals surface area contributed by atoms with Crippen LogP contribution in [-0.4, -0.2) is 58.4 Å². The number of fused-ring (bicyclic) bond motifs is 1. The molecule has 2 aliphatic rings. The van der Waals surface area contributed by atoms with Crippen molar-refractivity contribution in [1.82, 2.24) is 4.90 Å². The van der Waals surface area contributed by atoms with Gasteiger partial charge in [0.15, 0.2) is 6.10 Å². The molecular weight excluding hydrogens is 238 g/mol. The number of methoxy groups -OCH3 is 1. The summed E-state index contributed by atoms with van der Waals surface area (Å²) in [6.45, 7) is 3.63. The van der Waals surface area contributed by atoms with Crippen molar-refractivity contribution in [2.45, 2.75) is 38.0 Å². The van der Waals surface area contributed by atoms with Crippen LogP contribution >= 0.6 is 0 Å². The number of nitrogens with zero attached hydrogens (tertiary/aromatic N) is 1. The molecule has 0 aromatic heterocycles. The molecule has 2 N–H and O–H groups in total. The molecule has 2 rings (SSSR count). The van der Waals surface area contributed by atoms with Crippen LogP contribution in [0.2, 0.25) is 0 Å². The van der Waals surface area contributed by atoms with E-state index in [9.17, 15) is 14.7 Å².